The van der Waals surface area contributed by atoms with Crippen LogP contribution in [0.4, 0.5) is 0 Å². The summed E-state index contributed by atoms with van der Waals surface area (Å²) in [5.41, 5.74) is 4.36. The monoisotopic (exact) mass is 488 g/mol. The lowest BCUT2D eigenvalue weighted by molar-refractivity contribution is -0.956. The number of fused-ring (bicyclic) bond motifs is 2. The summed E-state index contributed by atoms with van der Waals surface area (Å²) in [6.45, 7) is 7.13. The molecule has 0 amide bonds. The van der Waals surface area contributed by atoms with Crippen LogP contribution >= 0.6 is 0 Å². The molecule has 0 saturated carbocycles. The van der Waals surface area contributed by atoms with E-state index in [0.717, 1.165) is 53.9 Å². The van der Waals surface area contributed by atoms with Crippen LogP contribution in [0.15, 0.2) is 42.7 Å². The van der Waals surface area contributed by atoms with Crippen LogP contribution in [0.25, 0.3) is 33.2 Å². The molecule has 2 aliphatic rings. The van der Waals surface area contributed by atoms with Crippen molar-refractivity contribution < 1.29 is 14.0 Å². The van der Waals surface area contributed by atoms with Gasteiger partial charge >= 0.3 is 0 Å². The first-order chi connectivity index (χ1) is 17.7. The second-order valence-electron chi connectivity index (χ2n) is 10.5. The molecule has 4 aromatic rings. The number of rotatable bonds is 7. The van der Waals surface area contributed by atoms with E-state index in [2.05, 4.69) is 50.3 Å². The topological polar surface area (TPSA) is 64.1 Å². The molecule has 0 atom stereocenters. The minimum atomic E-state index is 0.757. The van der Waals surface area contributed by atoms with E-state index in [0.29, 0.717) is 0 Å². The van der Waals surface area contributed by atoms with Gasteiger partial charge in [0.15, 0.2) is 11.5 Å². The Bertz CT molecular complexity index is 1310. The lowest BCUT2D eigenvalue weighted by Gasteiger charge is -2.49. The van der Waals surface area contributed by atoms with Crippen molar-refractivity contribution in [1.29, 1.82) is 0 Å². The number of quaternary nitrogens is 1. The van der Waals surface area contributed by atoms with Gasteiger partial charge in [0, 0.05) is 66.4 Å². The summed E-state index contributed by atoms with van der Waals surface area (Å²) in [6, 6.07) is 11.3. The number of ether oxygens (including phenoxy) is 2. The van der Waals surface area contributed by atoms with E-state index in [1.54, 1.807) is 14.2 Å². The fourth-order valence-corrected chi connectivity index (χ4v) is 6.69. The second-order valence-corrected chi connectivity index (χ2v) is 10.5. The summed E-state index contributed by atoms with van der Waals surface area (Å²) in [5.74, 6) is 1.53. The standard InChI is InChI=1S/C29H38N5O2/c1-35-27-18-23-24(25-17-21-7-6-10-31-29(21)32-25)20-33(26(23)19-28(27)36-2)13-16-34(14-4-3-5-15-34)22-8-11-30-12-9-22/h6-7,10,17-20,22,30H,3-5,8-9,11-16H2,1-2H3,(H,31,32)/q+1. The largest absolute Gasteiger partial charge is 0.493 e. The van der Waals surface area contributed by atoms with Gasteiger partial charge < -0.3 is 28.8 Å². The maximum atomic E-state index is 5.70. The first-order valence-corrected chi connectivity index (χ1v) is 13.5. The van der Waals surface area contributed by atoms with Crippen LogP contribution in [0.2, 0.25) is 0 Å². The molecule has 1 aromatic carbocycles. The van der Waals surface area contributed by atoms with Gasteiger partial charge in [-0.25, -0.2) is 4.98 Å². The van der Waals surface area contributed by atoms with Crippen LogP contribution in [-0.2, 0) is 6.54 Å². The van der Waals surface area contributed by atoms with Crippen molar-refractivity contribution in [3.63, 3.8) is 0 Å². The van der Waals surface area contributed by atoms with Crippen LogP contribution in [0.3, 0.4) is 0 Å². The highest BCUT2D eigenvalue weighted by Crippen LogP contribution is 2.39. The van der Waals surface area contributed by atoms with E-state index in [4.69, 9.17) is 9.47 Å². The van der Waals surface area contributed by atoms with Crippen molar-refractivity contribution in [2.24, 2.45) is 0 Å². The smallest absolute Gasteiger partial charge is 0.162 e. The fourth-order valence-electron chi connectivity index (χ4n) is 6.69. The number of nitrogens with zero attached hydrogens (tertiary/aromatic N) is 3. The van der Waals surface area contributed by atoms with Crippen molar-refractivity contribution in [2.75, 3.05) is 46.9 Å². The molecule has 2 N–H and O–H groups in total. The molecular weight excluding hydrogens is 450 g/mol. The summed E-state index contributed by atoms with van der Waals surface area (Å²) in [7, 11) is 3.42. The van der Waals surface area contributed by atoms with Crippen LogP contribution < -0.4 is 14.8 Å². The molecule has 0 spiro atoms. The average Bonchev–Trinajstić information content (AvgIpc) is 3.53. The molecule has 2 saturated heterocycles. The predicted octanol–water partition coefficient (Wildman–Crippen LogP) is 4.95. The molecule has 5 heterocycles. The first kappa shape index (κ1) is 23.4. The predicted molar refractivity (Wildman–Crippen MR) is 145 cm³/mol. The normalized spacial score (nSPS) is 18.6. The highest BCUT2D eigenvalue weighted by Gasteiger charge is 2.38. The number of benzene rings is 1. The summed E-state index contributed by atoms with van der Waals surface area (Å²) < 4.78 is 15.1. The number of piperidine rings is 2. The van der Waals surface area contributed by atoms with Gasteiger partial charge in [0.2, 0.25) is 0 Å². The van der Waals surface area contributed by atoms with Crippen molar-refractivity contribution in [3.05, 3.63) is 42.7 Å². The number of methoxy groups -OCH3 is 2. The maximum Gasteiger partial charge on any atom is 0.162 e. The SMILES string of the molecule is COc1cc2c(-c3cc4cccnc4[nH]3)cn(CC[N+]3(C4CCNCC4)CCCCC3)c2cc1OC. The van der Waals surface area contributed by atoms with Crippen LogP contribution in [0.1, 0.15) is 32.1 Å². The van der Waals surface area contributed by atoms with E-state index in [9.17, 15) is 0 Å². The second kappa shape index (κ2) is 9.79. The molecule has 190 valence electrons. The summed E-state index contributed by atoms with van der Waals surface area (Å²) in [6.07, 6.45) is 10.8. The lowest BCUT2D eigenvalue weighted by Crippen LogP contribution is -2.61. The number of likely N-dealkylation sites (tertiary alicyclic amines) is 1. The Hall–Kier alpha value is -3.03. The van der Waals surface area contributed by atoms with Crippen LogP contribution in [0.5, 0.6) is 11.5 Å². The van der Waals surface area contributed by atoms with Gasteiger partial charge in [-0.2, -0.15) is 0 Å². The quantitative estimate of drug-likeness (QED) is 0.361. The van der Waals surface area contributed by atoms with E-state index in [1.807, 2.05) is 12.3 Å². The molecule has 6 rings (SSSR count). The third kappa shape index (κ3) is 4.14. The zero-order valence-electron chi connectivity index (χ0n) is 21.6. The highest BCUT2D eigenvalue weighted by molar-refractivity contribution is 5.99. The van der Waals surface area contributed by atoms with Gasteiger partial charge in [-0.15, -0.1) is 0 Å². The van der Waals surface area contributed by atoms with Crippen molar-refractivity contribution >= 4 is 21.9 Å². The van der Waals surface area contributed by atoms with Crippen molar-refractivity contribution in [3.8, 4) is 22.8 Å². The first-order valence-electron chi connectivity index (χ1n) is 13.5. The molecule has 0 unspecified atom stereocenters. The summed E-state index contributed by atoms with van der Waals surface area (Å²) in [5, 5.41) is 5.87. The number of hydrogen-bond acceptors (Lipinski definition) is 4. The molecule has 3 aromatic heterocycles. The zero-order valence-corrected chi connectivity index (χ0v) is 21.6. The maximum absolute atomic E-state index is 5.70. The number of H-pyrrole nitrogens is 1. The van der Waals surface area contributed by atoms with Gasteiger partial charge in [-0.05, 0) is 43.5 Å². The van der Waals surface area contributed by atoms with Gasteiger partial charge in [-0.1, -0.05) is 0 Å². The molecular formula is C29H38N5O2+. The van der Waals surface area contributed by atoms with Gasteiger partial charge in [0.05, 0.1) is 52.0 Å². The Morgan fingerprint density at radius 1 is 1.03 bits per heavy atom. The zero-order chi connectivity index (χ0) is 24.5. The third-order valence-electron chi connectivity index (χ3n) is 8.64. The Labute approximate surface area is 213 Å². The van der Waals surface area contributed by atoms with Gasteiger partial charge in [-0.3, -0.25) is 0 Å². The number of nitrogens with one attached hydrogen (secondary N) is 2. The number of hydrogen-bond donors (Lipinski definition) is 2. The molecule has 0 aliphatic carbocycles. The molecule has 7 nitrogen and oxygen atoms in total. The van der Waals surface area contributed by atoms with E-state index in [-0.39, 0.29) is 0 Å². The Kier molecular flexibility index (Phi) is 6.36. The fraction of sp³-hybridized carbons (Fsp3) is 0.483. The van der Waals surface area contributed by atoms with Crippen LogP contribution in [0, 0.1) is 0 Å². The van der Waals surface area contributed by atoms with Gasteiger partial charge in [0.1, 0.15) is 5.65 Å². The number of aromatic nitrogens is 3. The van der Waals surface area contributed by atoms with E-state index >= 15 is 0 Å². The Morgan fingerprint density at radius 2 is 1.81 bits per heavy atom. The minimum Gasteiger partial charge on any atom is -0.493 e. The highest BCUT2D eigenvalue weighted by atomic mass is 16.5. The average molecular weight is 489 g/mol. The molecule has 36 heavy (non-hydrogen) atoms. The van der Waals surface area contributed by atoms with Crippen molar-refractivity contribution in [2.45, 2.75) is 44.7 Å². The summed E-state index contributed by atoms with van der Waals surface area (Å²) >= 11 is 0. The van der Waals surface area contributed by atoms with E-state index in [1.165, 1.54) is 72.7 Å². The number of pyridine rings is 1. The van der Waals surface area contributed by atoms with Crippen molar-refractivity contribution in [1.82, 2.24) is 19.9 Å². The number of aromatic amines is 1. The molecule has 7 heteroatoms. The van der Waals surface area contributed by atoms with Crippen LogP contribution in [-0.4, -0.2) is 72.0 Å². The molecule has 2 aliphatic heterocycles. The van der Waals surface area contributed by atoms with Gasteiger partial charge in [0.25, 0.3) is 0 Å². The molecule has 0 bridgehead atoms. The third-order valence-corrected chi connectivity index (χ3v) is 8.64. The molecule has 2 fully saturated rings. The minimum absolute atomic E-state index is 0.757. The Morgan fingerprint density at radius 3 is 2.56 bits per heavy atom. The van der Waals surface area contributed by atoms with E-state index < -0.39 is 0 Å². The summed E-state index contributed by atoms with van der Waals surface area (Å²) in [4.78, 5) is 8.06. The lowest BCUT2D eigenvalue weighted by atomic mass is 9.96. The molecule has 0 radical (unpaired) electrons. The Balaban J connectivity index is 1.41.